The molecule has 21 heavy (non-hydrogen) atoms. The molecule has 0 fully saturated rings. The Morgan fingerprint density at radius 2 is 1.38 bits per heavy atom. The van der Waals surface area contributed by atoms with Crippen molar-refractivity contribution in [1.82, 2.24) is 0 Å². The van der Waals surface area contributed by atoms with E-state index in [2.05, 4.69) is 4.74 Å². The molecule has 0 saturated heterocycles. The molecule has 0 aliphatic rings. The summed E-state index contributed by atoms with van der Waals surface area (Å²) >= 11 is 0. The monoisotopic (exact) mass is 336 g/mol. The molecule has 0 rings (SSSR count). The van der Waals surface area contributed by atoms with Gasteiger partial charge in [0.2, 0.25) is 0 Å². The van der Waals surface area contributed by atoms with Gasteiger partial charge in [-0.2, -0.15) is 13.2 Å². The lowest BCUT2D eigenvalue weighted by atomic mass is 10.3. The van der Waals surface area contributed by atoms with Gasteiger partial charge in [-0.3, -0.25) is 4.79 Å². The molecule has 126 valence electrons. The normalized spacial score (nSPS) is 15.6. The molecule has 0 aliphatic carbocycles. The van der Waals surface area contributed by atoms with Crippen LogP contribution in [0.25, 0.3) is 0 Å². The maximum absolute atomic E-state index is 15.0. The summed E-state index contributed by atoms with van der Waals surface area (Å²) in [6.45, 7) is 1.74. The van der Waals surface area contributed by atoms with Crippen LogP contribution in [0.5, 0.6) is 0 Å². The van der Waals surface area contributed by atoms with E-state index in [9.17, 15) is 22.4 Å². The second kappa shape index (κ2) is 8.06. The first kappa shape index (κ1) is 20.3. The van der Waals surface area contributed by atoms with E-state index < -0.39 is 32.8 Å². The number of carbonyl (C=O) groups excluding carboxylic acids is 1. The van der Waals surface area contributed by atoms with Crippen molar-refractivity contribution in [2.75, 3.05) is 26.5 Å². The average molecular weight is 336 g/mol. The standard InChI is InChI=1S/C11H20F4O5Si/c1-5-17-21(18-6-2,19-7-3)11(15,20-9(4)16)10(13,14)8-12/h5-8H2,1-4H3. The lowest BCUT2D eigenvalue weighted by Gasteiger charge is -2.41. The van der Waals surface area contributed by atoms with Gasteiger partial charge in [-0.05, 0) is 20.8 Å². The molecule has 0 aromatic heterocycles. The van der Waals surface area contributed by atoms with Gasteiger partial charge < -0.3 is 18.0 Å². The maximum Gasteiger partial charge on any atom is 0.590 e. The third kappa shape index (κ3) is 4.15. The van der Waals surface area contributed by atoms with Crippen LogP contribution in [-0.2, 0) is 22.8 Å². The van der Waals surface area contributed by atoms with Crippen LogP contribution in [0.15, 0.2) is 0 Å². The molecule has 1 atom stereocenters. The molecule has 0 heterocycles. The van der Waals surface area contributed by atoms with Crippen molar-refractivity contribution in [1.29, 1.82) is 0 Å². The molecule has 10 heteroatoms. The number of ether oxygens (including phenoxy) is 1. The Morgan fingerprint density at radius 1 is 1.00 bits per heavy atom. The molecular weight excluding hydrogens is 316 g/mol. The van der Waals surface area contributed by atoms with Gasteiger partial charge in [0.15, 0.2) is 6.67 Å². The van der Waals surface area contributed by atoms with Gasteiger partial charge in [-0.25, -0.2) is 4.39 Å². The lowest BCUT2D eigenvalue weighted by Crippen LogP contribution is -2.72. The first-order valence-corrected chi connectivity index (χ1v) is 8.12. The maximum atomic E-state index is 15.0. The zero-order valence-corrected chi connectivity index (χ0v) is 13.4. The van der Waals surface area contributed by atoms with E-state index >= 15 is 0 Å². The topological polar surface area (TPSA) is 54.0 Å². The van der Waals surface area contributed by atoms with E-state index in [0.29, 0.717) is 6.92 Å². The van der Waals surface area contributed by atoms with Gasteiger partial charge in [0.25, 0.3) is 0 Å². The summed E-state index contributed by atoms with van der Waals surface area (Å²) in [5, 5.41) is 0. The number of esters is 1. The first-order valence-electron chi connectivity index (χ1n) is 6.40. The van der Waals surface area contributed by atoms with Crippen molar-refractivity contribution >= 4 is 14.8 Å². The third-order valence-electron chi connectivity index (χ3n) is 2.32. The molecule has 0 saturated carbocycles. The van der Waals surface area contributed by atoms with E-state index in [1.165, 1.54) is 20.8 Å². The number of rotatable bonds is 10. The minimum atomic E-state index is -4.87. The van der Waals surface area contributed by atoms with E-state index in [1.807, 2.05) is 0 Å². The van der Waals surface area contributed by atoms with Gasteiger partial charge in [-0.1, -0.05) is 0 Å². The van der Waals surface area contributed by atoms with E-state index in [4.69, 9.17) is 13.3 Å². The van der Waals surface area contributed by atoms with Gasteiger partial charge in [0.1, 0.15) is 0 Å². The van der Waals surface area contributed by atoms with Gasteiger partial charge in [-0.15, -0.1) is 0 Å². The molecule has 0 aromatic rings. The Hall–Kier alpha value is -0.713. The molecule has 1 unspecified atom stereocenters. The minimum Gasteiger partial charge on any atom is -0.418 e. The van der Waals surface area contributed by atoms with Crippen LogP contribution in [-0.4, -0.2) is 52.7 Å². The summed E-state index contributed by atoms with van der Waals surface area (Å²) in [7, 11) is -4.87. The third-order valence-corrected chi connectivity index (χ3v) is 5.58. The molecule has 0 amide bonds. The SMILES string of the molecule is CCO[Si](OCC)(OCC)C(F)(OC(C)=O)C(F)(F)CF. The molecule has 0 aliphatic heterocycles. The number of halogens is 4. The Balaban J connectivity index is 6.03. The van der Waals surface area contributed by atoms with Crippen molar-refractivity contribution in [3.63, 3.8) is 0 Å². The van der Waals surface area contributed by atoms with Crippen molar-refractivity contribution in [2.24, 2.45) is 0 Å². The molecule has 0 spiro atoms. The largest absolute Gasteiger partial charge is 0.590 e. The van der Waals surface area contributed by atoms with Crippen molar-refractivity contribution in [2.45, 2.75) is 39.1 Å². The van der Waals surface area contributed by atoms with Crippen LogP contribution in [0.4, 0.5) is 17.6 Å². The van der Waals surface area contributed by atoms with Crippen molar-refractivity contribution < 1.29 is 40.4 Å². The predicted octanol–water partition coefficient (Wildman–Crippen LogP) is 2.41. The highest BCUT2D eigenvalue weighted by Crippen LogP contribution is 2.43. The summed E-state index contributed by atoms with van der Waals surface area (Å²) in [6.07, 6.45) is 0. The van der Waals surface area contributed by atoms with Crippen LogP contribution >= 0.6 is 0 Å². The van der Waals surface area contributed by atoms with Crippen LogP contribution in [0.2, 0.25) is 0 Å². The van der Waals surface area contributed by atoms with Crippen molar-refractivity contribution in [3.8, 4) is 0 Å². The molecule has 0 N–H and O–H groups in total. The quantitative estimate of drug-likeness (QED) is 0.348. The smallest absolute Gasteiger partial charge is 0.418 e. The fraction of sp³-hybridized carbons (Fsp3) is 0.909. The van der Waals surface area contributed by atoms with Crippen LogP contribution in [0.1, 0.15) is 27.7 Å². The van der Waals surface area contributed by atoms with Crippen LogP contribution < -0.4 is 0 Å². The summed E-state index contributed by atoms with van der Waals surface area (Å²) in [5.41, 5.74) is -4.15. The minimum absolute atomic E-state index is 0.248. The fourth-order valence-electron chi connectivity index (χ4n) is 1.62. The highest BCUT2D eigenvalue weighted by atomic mass is 28.4. The van der Waals surface area contributed by atoms with Gasteiger partial charge >= 0.3 is 26.2 Å². The number of carbonyl (C=O) groups is 1. The van der Waals surface area contributed by atoms with Crippen LogP contribution in [0, 0.1) is 0 Å². The second-order valence-electron chi connectivity index (χ2n) is 3.88. The molecular formula is C11H20F4O5Si. The van der Waals surface area contributed by atoms with Gasteiger partial charge in [0, 0.05) is 26.7 Å². The van der Waals surface area contributed by atoms with Crippen molar-refractivity contribution in [3.05, 3.63) is 0 Å². The van der Waals surface area contributed by atoms with E-state index in [0.717, 1.165) is 0 Å². The summed E-state index contributed by atoms with van der Waals surface area (Å²) < 4.78 is 74.2. The zero-order chi connectivity index (χ0) is 16.7. The number of hydrogen-bond donors (Lipinski definition) is 0. The lowest BCUT2D eigenvalue weighted by molar-refractivity contribution is -0.257. The summed E-state index contributed by atoms with van der Waals surface area (Å²) in [6, 6.07) is 0. The molecule has 0 bridgehead atoms. The Kier molecular flexibility index (Phi) is 7.79. The molecule has 0 radical (unpaired) electrons. The Labute approximate surface area is 121 Å². The second-order valence-corrected chi connectivity index (χ2v) is 6.50. The predicted molar refractivity (Wildman–Crippen MR) is 67.2 cm³/mol. The summed E-state index contributed by atoms with van der Waals surface area (Å²) in [5.74, 6) is -6.05. The van der Waals surface area contributed by atoms with E-state index in [-0.39, 0.29) is 19.8 Å². The van der Waals surface area contributed by atoms with Gasteiger partial charge in [0.05, 0.1) is 0 Å². The average Bonchev–Trinajstić information content (AvgIpc) is 2.38. The van der Waals surface area contributed by atoms with Crippen LogP contribution in [0.3, 0.4) is 0 Å². The Morgan fingerprint density at radius 3 is 1.62 bits per heavy atom. The molecule has 0 aromatic carbocycles. The molecule has 5 nitrogen and oxygen atoms in total. The number of alkyl halides is 4. The zero-order valence-electron chi connectivity index (χ0n) is 12.4. The first-order chi connectivity index (χ1) is 9.66. The number of hydrogen-bond acceptors (Lipinski definition) is 5. The fourth-order valence-corrected chi connectivity index (χ4v) is 4.35. The van der Waals surface area contributed by atoms with E-state index in [1.54, 1.807) is 0 Å². The highest BCUT2D eigenvalue weighted by Gasteiger charge is 2.78. The highest BCUT2D eigenvalue weighted by molar-refractivity contribution is 6.64. The summed E-state index contributed by atoms with van der Waals surface area (Å²) in [4.78, 5) is 11.0. The Bertz CT molecular complexity index is 328.